The van der Waals surface area contributed by atoms with Gasteiger partial charge in [-0.2, -0.15) is 0 Å². The molecular formula is C14H23Cl2N3O. The van der Waals surface area contributed by atoms with Crippen LogP contribution in [0, 0.1) is 5.41 Å². The largest absolute Gasteiger partial charge is 0.341 e. The summed E-state index contributed by atoms with van der Waals surface area (Å²) in [4.78, 5) is 18.3. The fraction of sp³-hybridized carbons (Fsp3) is 0.571. The summed E-state index contributed by atoms with van der Waals surface area (Å²) in [5.74, 6) is 0.194. The summed E-state index contributed by atoms with van der Waals surface area (Å²) in [7, 11) is 1.86. The summed E-state index contributed by atoms with van der Waals surface area (Å²) >= 11 is 0. The Hall–Kier alpha value is -0.840. The molecule has 20 heavy (non-hydrogen) atoms. The third-order valence-corrected chi connectivity index (χ3v) is 3.92. The molecule has 2 N–H and O–H groups in total. The Morgan fingerprint density at radius 3 is 2.35 bits per heavy atom. The number of carbonyl (C=O) groups is 1. The lowest BCUT2D eigenvalue weighted by atomic mass is 9.84. The summed E-state index contributed by atoms with van der Waals surface area (Å²) in [6.45, 7) is 1.09. The van der Waals surface area contributed by atoms with E-state index in [0.29, 0.717) is 13.1 Å². The van der Waals surface area contributed by atoms with Crippen LogP contribution in [0.5, 0.6) is 0 Å². The molecule has 0 bridgehead atoms. The highest BCUT2D eigenvalue weighted by molar-refractivity contribution is 5.85. The minimum absolute atomic E-state index is 0. The third-order valence-electron chi connectivity index (χ3n) is 3.92. The fourth-order valence-corrected chi connectivity index (χ4v) is 2.80. The molecule has 0 radical (unpaired) electrons. The highest BCUT2D eigenvalue weighted by atomic mass is 35.5. The van der Waals surface area contributed by atoms with Crippen molar-refractivity contribution in [3.63, 3.8) is 0 Å². The van der Waals surface area contributed by atoms with Crippen LogP contribution >= 0.6 is 24.8 Å². The molecule has 1 aromatic rings. The molecule has 1 amide bonds. The molecule has 1 heterocycles. The van der Waals surface area contributed by atoms with Crippen molar-refractivity contribution in [2.45, 2.75) is 32.2 Å². The Morgan fingerprint density at radius 2 is 1.85 bits per heavy atom. The number of aromatic nitrogens is 1. The Kier molecular flexibility index (Phi) is 8.09. The number of amides is 1. The summed E-state index contributed by atoms with van der Waals surface area (Å²) in [6, 6.07) is 3.88. The number of pyridine rings is 1. The Morgan fingerprint density at radius 1 is 1.30 bits per heavy atom. The number of nitrogens with zero attached hydrogens (tertiary/aromatic N) is 2. The zero-order valence-corrected chi connectivity index (χ0v) is 13.4. The molecule has 2 rings (SSSR count). The van der Waals surface area contributed by atoms with Gasteiger partial charge >= 0.3 is 0 Å². The molecule has 0 atom stereocenters. The van der Waals surface area contributed by atoms with Crippen LogP contribution in [0.4, 0.5) is 0 Å². The Balaban J connectivity index is 0.00000180. The van der Waals surface area contributed by atoms with Crippen molar-refractivity contribution < 1.29 is 4.79 Å². The molecule has 1 aliphatic rings. The quantitative estimate of drug-likeness (QED) is 0.927. The number of carbonyl (C=O) groups excluding carboxylic acids is 1. The van der Waals surface area contributed by atoms with E-state index in [1.807, 2.05) is 19.2 Å². The van der Waals surface area contributed by atoms with Crippen molar-refractivity contribution in [1.29, 1.82) is 0 Å². The molecular weight excluding hydrogens is 297 g/mol. The normalized spacial score (nSPS) is 15.9. The SMILES string of the molecule is CN(Cc1ccncc1)C(=O)C1(CN)CCCC1.Cl.Cl. The topological polar surface area (TPSA) is 59.2 Å². The van der Waals surface area contributed by atoms with Gasteiger partial charge in [0.15, 0.2) is 0 Å². The maximum atomic E-state index is 12.5. The van der Waals surface area contributed by atoms with Crippen LogP contribution in [0.2, 0.25) is 0 Å². The van der Waals surface area contributed by atoms with Gasteiger partial charge in [-0.3, -0.25) is 9.78 Å². The number of hydrogen-bond acceptors (Lipinski definition) is 3. The van der Waals surface area contributed by atoms with Crippen LogP contribution in [-0.4, -0.2) is 29.4 Å². The highest BCUT2D eigenvalue weighted by Gasteiger charge is 2.41. The third kappa shape index (κ3) is 4.08. The van der Waals surface area contributed by atoms with E-state index in [4.69, 9.17) is 5.73 Å². The second-order valence-electron chi connectivity index (χ2n) is 5.21. The van der Waals surface area contributed by atoms with Crippen LogP contribution in [0.15, 0.2) is 24.5 Å². The zero-order chi connectivity index (χ0) is 13.0. The molecule has 114 valence electrons. The van der Waals surface area contributed by atoms with Gasteiger partial charge in [-0.05, 0) is 30.5 Å². The molecule has 0 unspecified atom stereocenters. The average Bonchev–Trinajstić information content (AvgIpc) is 2.89. The minimum atomic E-state index is -0.304. The van der Waals surface area contributed by atoms with Gasteiger partial charge in [0.05, 0.1) is 5.41 Å². The maximum Gasteiger partial charge on any atom is 0.230 e. The van der Waals surface area contributed by atoms with Gasteiger partial charge < -0.3 is 10.6 Å². The monoisotopic (exact) mass is 319 g/mol. The van der Waals surface area contributed by atoms with E-state index in [-0.39, 0.29) is 36.1 Å². The molecule has 1 fully saturated rings. The van der Waals surface area contributed by atoms with Crippen molar-refractivity contribution in [2.75, 3.05) is 13.6 Å². The van der Waals surface area contributed by atoms with Crippen molar-refractivity contribution in [3.8, 4) is 0 Å². The average molecular weight is 320 g/mol. The van der Waals surface area contributed by atoms with E-state index in [2.05, 4.69) is 4.98 Å². The van der Waals surface area contributed by atoms with Crippen LogP contribution in [0.3, 0.4) is 0 Å². The van der Waals surface area contributed by atoms with Gasteiger partial charge in [-0.1, -0.05) is 12.8 Å². The predicted octanol–water partition coefficient (Wildman–Crippen LogP) is 2.40. The summed E-state index contributed by atoms with van der Waals surface area (Å²) in [5.41, 5.74) is 6.64. The fourth-order valence-electron chi connectivity index (χ4n) is 2.80. The number of halogens is 2. The Labute approximate surface area is 132 Å². The first-order valence-corrected chi connectivity index (χ1v) is 6.52. The van der Waals surface area contributed by atoms with Crippen molar-refractivity contribution in [2.24, 2.45) is 11.1 Å². The Bertz CT molecular complexity index is 408. The van der Waals surface area contributed by atoms with E-state index in [1.54, 1.807) is 17.3 Å². The smallest absolute Gasteiger partial charge is 0.230 e. The molecule has 0 aromatic carbocycles. The van der Waals surface area contributed by atoms with E-state index in [1.165, 1.54) is 0 Å². The van der Waals surface area contributed by atoms with E-state index in [0.717, 1.165) is 31.2 Å². The van der Waals surface area contributed by atoms with Gasteiger partial charge in [-0.25, -0.2) is 0 Å². The van der Waals surface area contributed by atoms with E-state index >= 15 is 0 Å². The first kappa shape index (κ1) is 19.2. The molecule has 0 saturated heterocycles. The first-order valence-electron chi connectivity index (χ1n) is 6.52. The van der Waals surface area contributed by atoms with Crippen molar-refractivity contribution >= 4 is 30.7 Å². The van der Waals surface area contributed by atoms with Gasteiger partial charge in [0.2, 0.25) is 5.91 Å². The molecule has 6 heteroatoms. The number of nitrogens with two attached hydrogens (primary N) is 1. The van der Waals surface area contributed by atoms with Crippen LogP contribution in [-0.2, 0) is 11.3 Å². The maximum absolute atomic E-state index is 12.5. The van der Waals surface area contributed by atoms with Crippen LogP contribution in [0.25, 0.3) is 0 Å². The highest BCUT2D eigenvalue weighted by Crippen LogP contribution is 2.38. The lowest BCUT2D eigenvalue weighted by Crippen LogP contribution is -2.44. The predicted molar refractivity (Wildman–Crippen MR) is 85.2 cm³/mol. The van der Waals surface area contributed by atoms with Gasteiger partial charge in [0.25, 0.3) is 0 Å². The molecule has 0 spiro atoms. The standard InChI is InChI=1S/C14H21N3O.2ClH/c1-17(10-12-4-8-16-9-5-12)13(18)14(11-15)6-2-3-7-14;;/h4-5,8-9H,2-3,6-7,10-11,15H2,1H3;2*1H. The lowest BCUT2D eigenvalue weighted by Gasteiger charge is -2.31. The van der Waals surface area contributed by atoms with Crippen LogP contribution < -0.4 is 5.73 Å². The van der Waals surface area contributed by atoms with Gasteiger partial charge in [-0.15, -0.1) is 24.8 Å². The first-order chi connectivity index (χ1) is 8.68. The molecule has 1 saturated carbocycles. The van der Waals surface area contributed by atoms with Gasteiger partial charge in [0.1, 0.15) is 0 Å². The second kappa shape index (κ2) is 8.45. The summed E-state index contributed by atoms with van der Waals surface area (Å²) < 4.78 is 0. The molecule has 1 aliphatic carbocycles. The minimum Gasteiger partial charge on any atom is -0.341 e. The zero-order valence-electron chi connectivity index (χ0n) is 11.7. The molecule has 1 aromatic heterocycles. The van der Waals surface area contributed by atoms with E-state index in [9.17, 15) is 4.79 Å². The van der Waals surface area contributed by atoms with Crippen molar-refractivity contribution in [1.82, 2.24) is 9.88 Å². The number of rotatable bonds is 4. The van der Waals surface area contributed by atoms with E-state index < -0.39 is 0 Å². The number of hydrogen-bond donors (Lipinski definition) is 1. The summed E-state index contributed by atoms with van der Waals surface area (Å²) in [5, 5.41) is 0. The molecule has 4 nitrogen and oxygen atoms in total. The van der Waals surface area contributed by atoms with Gasteiger partial charge in [0, 0.05) is 32.5 Å². The summed E-state index contributed by atoms with van der Waals surface area (Å²) in [6.07, 6.45) is 7.61. The van der Waals surface area contributed by atoms with Crippen molar-refractivity contribution in [3.05, 3.63) is 30.1 Å². The lowest BCUT2D eigenvalue weighted by molar-refractivity contribution is -0.140. The molecule has 0 aliphatic heterocycles. The van der Waals surface area contributed by atoms with Crippen LogP contribution in [0.1, 0.15) is 31.2 Å². The second-order valence-corrected chi connectivity index (χ2v) is 5.21.